The van der Waals surface area contributed by atoms with E-state index in [0.29, 0.717) is 11.8 Å². The molecule has 0 fully saturated rings. The molecule has 0 unspecified atom stereocenters. The lowest BCUT2D eigenvalue weighted by atomic mass is 10.0. The third kappa shape index (κ3) is 2.14. The first-order chi connectivity index (χ1) is 9.15. The molecule has 0 atom stereocenters. The lowest BCUT2D eigenvalue weighted by molar-refractivity contribution is 0.620. The van der Waals surface area contributed by atoms with Crippen molar-refractivity contribution in [2.75, 3.05) is 0 Å². The molecule has 0 bridgehead atoms. The van der Waals surface area contributed by atoms with Crippen molar-refractivity contribution >= 4 is 11.1 Å². The quantitative estimate of drug-likeness (QED) is 0.645. The Bertz CT molecular complexity index is 708. The number of nitrogens with zero attached hydrogens (tertiary/aromatic N) is 1. The average molecular weight is 251 g/mol. The molecule has 1 aromatic heterocycles. The molecule has 0 aliphatic rings. The molecule has 2 nitrogen and oxygen atoms in total. The van der Waals surface area contributed by atoms with Crippen LogP contribution in [-0.2, 0) is 0 Å². The van der Waals surface area contributed by atoms with Crippen LogP contribution in [0.25, 0.3) is 22.6 Å². The number of aryl methyl sites for hydroxylation is 1. The smallest absolute Gasteiger partial charge is 0.227 e. The van der Waals surface area contributed by atoms with E-state index in [0.717, 1.165) is 22.2 Å². The third-order valence-corrected chi connectivity index (χ3v) is 3.45. The van der Waals surface area contributed by atoms with Crippen molar-refractivity contribution in [1.82, 2.24) is 4.98 Å². The summed E-state index contributed by atoms with van der Waals surface area (Å²) in [5.41, 5.74) is 5.30. The summed E-state index contributed by atoms with van der Waals surface area (Å²) in [6.07, 6.45) is 0. The van der Waals surface area contributed by atoms with Crippen molar-refractivity contribution < 1.29 is 4.42 Å². The Morgan fingerprint density at radius 1 is 1.00 bits per heavy atom. The van der Waals surface area contributed by atoms with E-state index in [4.69, 9.17) is 4.42 Å². The lowest BCUT2D eigenvalue weighted by Gasteiger charge is -2.04. The van der Waals surface area contributed by atoms with Crippen LogP contribution in [0.15, 0.2) is 46.9 Å². The molecule has 2 heteroatoms. The van der Waals surface area contributed by atoms with Crippen LogP contribution in [0.4, 0.5) is 0 Å². The Labute approximate surface area is 113 Å². The highest BCUT2D eigenvalue weighted by Crippen LogP contribution is 2.27. The van der Waals surface area contributed by atoms with Gasteiger partial charge in [0.05, 0.1) is 0 Å². The summed E-state index contributed by atoms with van der Waals surface area (Å²) < 4.78 is 5.82. The van der Waals surface area contributed by atoms with Crippen molar-refractivity contribution in [3.05, 3.63) is 53.6 Å². The number of fused-ring (bicyclic) bond motifs is 1. The van der Waals surface area contributed by atoms with Crippen molar-refractivity contribution in [2.24, 2.45) is 0 Å². The van der Waals surface area contributed by atoms with E-state index in [1.165, 1.54) is 5.56 Å². The first-order valence-corrected chi connectivity index (χ1v) is 6.61. The molecule has 0 radical (unpaired) electrons. The SMILES string of the molecule is Cc1cccc2oc(-c3ccc(C(C)C)cc3)nc12. The van der Waals surface area contributed by atoms with Crippen molar-refractivity contribution in [3.8, 4) is 11.5 Å². The molecule has 0 amide bonds. The molecule has 0 saturated carbocycles. The molecule has 19 heavy (non-hydrogen) atoms. The van der Waals surface area contributed by atoms with E-state index in [2.05, 4.69) is 56.1 Å². The molecule has 0 aliphatic heterocycles. The third-order valence-electron chi connectivity index (χ3n) is 3.45. The fraction of sp³-hybridized carbons (Fsp3) is 0.235. The summed E-state index contributed by atoms with van der Waals surface area (Å²) in [6, 6.07) is 14.4. The van der Waals surface area contributed by atoms with Gasteiger partial charge in [-0.25, -0.2) is 4.98 Å². The minimum Gasteiger partial charge on any atom is -0.436 e. The van der Waals surface area contributed by atoms with Crippen LogP contribution in [0.2, 0.25) is 0 Å². The average Bonchev–Trinajstić information content (AvgIpc) is 2.84. The number of oxazole rings is 1. The van der Waals surface area contributed by atoms with E-state index < -0.39 is 0 Å². The van der Waals surface area contributed by atoms with Gasteiger partial charge in [-0.1, -0.05) is 38.1 Å². The van der Waals surface area contributed by atoms with Crippen LogP contribution in [0, 0.1) is 6.92 Å². The Morgan fingerprint density at radius 3 is 2.37 bits per heavy atom. The molecular formula is C17H17NO. The monoisotopic (exact) mass is 251 g/mol. The van der Waals surface area contributed by atoms with Crippen LogP contribution in [-0.4, -0.2) is 4.98 Å². The second-order valence-corrected chi connectivity index (χ2v) is 5.22. The summed E-state index contributed by atoms with van der Waals surface area (Å²) in [6.45, 7) is 6.44. The standard InChI is InChI=1S/C17H17NO/c1-11(2)13-7-9-14(10-8-13)17-18-16-12(3)5-4-6-15(16)19-17/h4-11H,1-3H3. The van der Waals surface area contributed by atoms with E-state index >= 15 is 0 Å². The Morgan fingerprint density at radius 2 is 1.74 bits per heavy atom. The van der Waals surface area contributed by atoms with Gasteiger partial charge in [0.15, 0.2) is 5.58 Å². The highest BCUT2D eigenvalue weighted by molar-refractivity contribution is 5.79. The van der Waals surface area contributed by atoms with Crippen molar-refractivity contribution in [1.29, 1.82) is 0 Å². The summed E-state index contributed by atoms with van der Waals surface area (Å²) >= 11 is 0. The Kier molecular flexibility index (Phi) is 2.86. The normalized spacial score (nSPS) is 11.4. The zero-order valence-electron chi connectivity index (χ0n) is 11.5. The molecule has 96 valence electrons. The van der Waals surface area contributed by atoms with Gasteiger partial charge in [-0.3, -0.25) is 0 Å². The second-order valence-electron chi connectivity index (χ2n) is 5.22. The first kappa shape index (κ1) is 12.0. The van der Waals surface area contributed by atoms with Gasteiger partial charge in [0, 0.05) is 5.56 Å². The zero-order chi connectivity index (χ0) is 13.4. The van der Waals surface area contributed by atoms with Crippen molar-refractivity contribution in [2.45, 2.75) is 26.7 Å². The number of rotatable bonds is 2. The van der Waals surface area contributed by atoms with E-state index in [-0.39, 0.29) is 0 Å². The van der Waals surface area contributed by atoms with Crippen LogP contribution >= 0.6 is 0 Å². The summed E-state index contributed by atoms with van der Waals surface area (Å²) in [7, 11) is 0. The largest absolute Gasteiger partial charge is 0.436 e. The van der Waals surface area contributed by atoms with Crippen LogP contribution in [0.1, 0.15) is 30.9 Å². The van der Waals surface area contributed by atoms with Crippen molar-refractivity contribution in [3.63, 3.8) is 0 Å². The summed E-state index contributed by atoms with van der Waals surface area (Å²) in [5.74, 6) is 1.24. The van der Waals surface area contributed by atoms with E-state index in [1.807, 2.05) is 12.1 Å². The van der Waals surface area contributed by atoms with Gasteiger partial charge in [0.1, 0.15) is 5.52 Å². The number of aromatic nitrogens is 1. The molecule has 0 N–H and O–H groups in total. The van der Waals surface area contributed by atoms with E-state index in [1.54, 1.807) is 0 Å². The summed E-state index contributed by atoms with van der Waals surface area (Å²) in [5, 5.41) is 0. The molecule has 0 aliphatic carbocycles. The Balaban J connectivity index is 2.06. The minimum absolute atomic E-state index is 0.542. The fourth-order valence-corrected chi connectivity index (χ4v) is 2.22. The topological polar surface area (TPSA) is 26.0 Å². The number of hydrogen-bond donors (Lipinski definition) is 0. The number of benzene rings is 2. The van der Waals surface area contributed by atoms with Gasteiger partial charge in [0.2, 0.25) is 5.89 Å². The number of para-hydroxylation sites is 1. The molecule has 3 aromatic rings. The minimum atomic E-state index is 0.542. The maximum Gasteiger partial charge on any atom is 0.227 e. The van der Waals surface area contributed by atoms with E-state index in [9.17, 15) is 0 Å². The molecule has 2 aromatic carbocycles. The molecule has 3 rings (SSSR count). The maximum atomic E-state index is 5.82. The van der Waals surface area contributed by atoms with Crippen LogP contribution in [0.3, 0.4) is 0 Å². The van der Waals surface area contributed by atoms with Gasteiger partial charge < -0.3 is 4.42 Å². The van der Waals surface area contributed by atoms with Gasteiger partial charge >= 0.3 is 0 Å². The molecular weight excluding hydrogens is 234 g/mol. The lowest BCUT2D eigenvalue weighted by Crippen LogP contribution is -1.86. The predicted molar refractivity (Wildman–Crippen MR) is 78.3 cm³/mol. The molecule has 1 heterocycles. The van der Waals surface area contributed by atoms with Crippen LogP contribution in [0.5, 0.6) is 0 Å². The first-order valence-electron chi connectivity index (χ1n) is 6.61. The van der Waals surface area contributed by atoms with Gasteiger partial charge in [-0.15, -0.1) is 0 Å². The maximum absolute atomic E-state index is 5.82. The molecule has 0 spiro atoms. The predicted octanol–water partition coefficient (Wildman–Crippen LogP) is 4.93. The van der Waals surface area contributed by atoms with Gasteiger partial charge in [-0.2, -0.15) is 0 Å². The van der Waals surface area contributed by atoms with Gasteiger partial charge in [0.25, 0.3) is 0 Å². The summed E-state index contributed by atoms with van der Waals surface area (Å²) in [4.78, 5) is 4.59. The fourth-order valence-electron chi connectivity index (χ4n) is 2.22. The zero-order valence-corrected chi connectivity index (χ0v) is 11.5. The highest BCUT2D eigenvalue weighted by atomic mass is 16.3. The molecule has 0 saturated heterocycles. The highest BCUT2D eigenvalue weighted by Gasteiger charge is 2.09. The number of hydrogen-bond acceptors (Lipinski definition) is 2. The Hall–Kier alpha value is -2.09. The second kappa shape index (κ2) is 4.54. The van der Waals surface area contributed by atoms with Gasteiger partial charge in [-0.05, 0) is 42.2 Å². The van der Waals surface area contributed by atoms with Crippen LogP contribution < -0.4 is 0 Å².